The number of carbonyl (C=O) groups is 2. The number of hydrogen-bond acceptors (Lipinski definition) is 5. The Morgan fingerprint density at radius 1 is 1.12 bits per heavy atom. The van der Waals surface area contributed by atoms with E-state index in [-0.39, 0.29) is 12.3 Å². The number of ketones is 1. The van der Waals surface area contributed by atoms with Crippen LogP contribution in [0.1, 0.15) is 11.1 Å². The van der Waals surface area contributed by atoms with Crippen molar-refractivity contribution in [2.45, 2.75) is 6.61 Å². The second-order valence-corrected chi connectivity index (χ2v) is 3.13. The smallest absolute Gasteiger partial charge is 0.339 e. The van der Waals surface area contributed by atoms with Crippen LogP contribution < -0.4 is 0 Å². The maximum atomic E-state index is 11.4. The molecule has 2 rings (SSSR count). The topological polar surface area (TPSA) is 91.4 Å². The molecule has 0 atom stereocenters. The van der Waals surface area contributed by atoms with Crippen LogP contribution in [-0.2, 0) is 16.2 Å². The van der Waals surface area contributed by atoms with Crippen molar-refractivity contribution < 1.29 is 14.7 Å². The van der Waals surface area contributed by atoms with Gasteiger partial charge < -0.3 is 5.11 Å². The van der Waals surface area contributed by atoms with Gasteiger partial charge in [0.1, 0.15) is 5.71 Å². The minimum absolute atomic E-state index is 0.0236. The van der Waals surface area contributed by atoms with Crippen molar-refractivity contribution in [3.8, 4) is 0 Å². The third kappa shape index (κ3) is 1.78. The summed E-state index contributed by atoms with van der Waals surface area (Å²) in [6, 6.07) is 6.47. The molecule has 0 spiro atoms. The number of aliphatic hydroxyl groups is 1. The van der Waals surface area contributed by atoms with Crippen molar-refractivity contribution in [3.63, 3.8) is 0 Å². The summed E-state index contributed by atoms with van der Waals surface area (Å²) in [5.74, 6) is -1.69. The number of nitrogens with zero attached hydrogens (tertiary/aromatic N) is 3. The van der Waals surface area contributed by atoms with Crippen molar-refractivity contribution in [2.75, 3.05) is 0 Å². The summed E-state index contributed by atoms with van der Waals surface area (Å²) in [7, 11) is 0. The van der Waals surface area contributed by atoms with Crippen LogP contribution in [-0.4, -0.2) is 22.5 Å². The lowest BCUT2D eigenvalue weighted by molar-refractivity contribution is -0.132. The second-order valence-electron chi connectivity index (χ2n) is 3.13. The van der Waals surface area contributed by atoms with Gasteiger partial charge in [-0.2, -0.15) is 0 Å². The first-order chi connectivity index (χ1) is 7.72. The van der Waals surface area contributed by atoms with Crippen LogP contribution in [0.15, 0.2) is 39.7 Å². The van der Waals surface area contributed by atoms with Crippen molar-refractivity contribution >= 4 is 17.4 Å². The average Bonchev–Trinajstić information content (AvgIpc) is 2.33. The van der Waals surface area contributed by atoms with Gasteiger partial charge in [-0.25, -0.2) is 0 Å². The molecule has 6 nitrogen and oxygen atoms in total. The highest BCUT2D eigenvalue weighted by molar-refractivity contribution is 6.68. The molecule has 1 aromatic carbocycles. The summed E-state index contributed by atoms with van der Waals surface area (Å²) >= 11 is 0. The van der Waals surface area contributed by atoms with Gasteiger partial charge in [0.2, 0.25) is 0 Å². The van der Waals surface area contributed by atoms with E-state index < -0.39 is 11.7 Å². The fourth-order valence-corrected chi connectivity index (χ4v) is 1.26. The van der Waals surface area contributed by atoms with Crippen LogP contribution in [0.2, 0.25) is 0 Å². The number of benzene rings is 1. The second kappa shape index (κ2) is 4.11. The minimum Gasteiger partial charge on any atom is -0.392 e. The molecule has 1 aliphatic rings. The molecule has 1 amide bonds. The zero-order valence-electron chi connectivity index (χ0n) is 8.12. The Morgan fingerprint density at radius 2 is 1.81 bits per heavy atom. The average molecular weight is 217 g/mol. The Labute approximate surface area is 90.3 Å². The Hall–Kier alpha value is -2.21. The molecule has 0 bridgehead atoms. The number of amides is 1. The van der Waals surface area contributed by atoms with E-state index in [9.17, 15) is 9.59 Å². The summed E-state index contributed by atoms with van der Waals surface area (Å²) < 4.78 is 0. The van der Waals surface area contributed by atoms with Gasteiger partial charge in [0.15, 0.2) is 0 Å². The molecule has 0 saturated carbocycles. The number of rotatable bonds is 2. The van der Waals surface area contributed by atoms with Gasteiger partial charge in [-0.1, -0.05) is 29.4 Å². The molecule has 0 fully saturated rings. The van der Waals surface area contributed by atoms with Crippen molar-refractivity contribution in [3.05, 3.63) is 35.4 Å². The van der Waals surface area contributed by atoms with Gasteiger partial charge >= 0.3 is 5.91 Å². The molecule has 1 heterocycles. The number of hydrogen-bond donors (Lipinski definition) is 1. The monoisotopic (exact) mass is 217 g/mol. The summed E-state index contributed by atoms with van der Waals surface area (Å²) in [6.07, 6.45) is 0. The largest absolute Gasteiger partial charge is 0.392 e. The van der Waals surface area contributed by atoms with Gasteiger partial charge in [0, 0.05) is 5.56 Å². The van der Waals surface area contributed by atoms with E-state index in [4.69, 9.17) is 5.11 Å². The fraction of sp³-hybridized carbons (Fsp3) is 0.100. The molecule has 0 aliphatic carbocycles. The lowest BCUT2D eigenvalue weighted by atomic mass is 10.0. The summed E-state index contributed by atoms with van der Waals surface area (Å²) in [5, 5.41) is 18.6. The van der Waals surface area contributed by atoms with E-state index in [0.717, 1.165) is 0 Å². The predicted octanol–water partition coefficient (Wildman–Crippen LogP) is 0.445. The van der Waals surface area contributed by atoms with Crippen molar-refractivity contribution in [1.29, 1.82) is 0 Å². The SMILES string of the molecule is O=C1N=NN=C(c2ccc(CO)cc2)C1=O. The third-order valence-corrected chi connectivity index (χ3v) is 2.10. The van der Waals surface area contributed by atoms with Gasteiger partial charge in [0.25, 0.3) is 5.78 Å². The lowest BCUT2D eigenvalue weighted by Crippen LogP contribution is -2.25. The van der Waals surface area contributed by atoms with Crippen LogP contribution in [0, 0.1) is 0 Å². The van der Waals surface area contributed by atoms with Crippen LogP contribution >= 0.6 is 0 Å². The Kier molecular flexibility index (Phi) is 2.65. The van der Waals surface area contributed by atoms with Crippen LogP contribution in [0.4, 0.5) is 0 Å². The molecular formula is C10H7N3O3. The first kappa shape index (κ1) is 10.3. The molecule has 1 N–H and O–H groups in total. The molecule has 80 valence electrons. The zero-order valence-corrected chi connectivity index (χ0v) is 8.12. The molecular weight excluding hydrogens is 210 g/mol. The summed E-state index contributed by atoms with van der Waals surface area (Å²) in [5.41, 5.74) is 1.17. The molecule has 0 aromatic heterocycles. The standard InChI is InChI=1S/C10H7N3O3/c14-5-6-1-3-7(4-2-6)8-9(15)10(16)12-13-11-8/h1-4,14H,5H2. The first-order valence-electron chi connectivity index (χ1n) is 4.50. The summed E-state index contributed by atoms with van der Waals surface area (Å²) in [4.78, 5) is 22.4. The van der Waals surface area contributed by atoms with E-state index in [2.05, 4.69) is 15.4 Å². The Balaban J connectivity index is 2.37. The number of aliphatic hydroxyl groups excluding tert-OH is 1. The zero-order chi connectivity index (χ0) is 11.5. The molecule has 6 heteroatoms. The molecule has 0 saturated heterocycles. The van der Waals surface area contributed by atoms with Gasteiger partial charge in [0.05, 0.1) is 6.61 Å². The summed E-state index contributed by atoms with van der Waals surface area (Å²) in [6.45, 7) is -0.0840. The molecule has 16 heavy (non-hydrogen) atoms. The van der Waals surface area contributed by atoms with Gasteiger partial charge in [-0.3, -0.25) is 9.59 Å². The molecule has 1 aromatic rings. The maximum absolute atomic E-state index is 11.4. The molecule has 1 aliphatic heterocycles. The Morgan fingerprint density at radius 3 is 2.44 bits per heavy atom. The number of Topliss-reactive ketones (excluding diaryl/α,β-unsaturated/α-hetero) is 1. The van der Waals surface area contributed by atoms with E-state index in [1.807, 2.05) is 0 Å². The van der Waals surface area contributed by atoms with E-state index >= 15 is 0 Å². The van der Waals surface area contributed by atoms with Gasteiger partial charge in [-0.15, -0.1) is 5.10 Å². The van der Waals surface area contributed by atoms with E-state index in [0.29, 0.717) is 11.1 Å². The number of carbonyl (C=O) groups excluding carboxylic acids is 2. The maximum Gasteiger partial charge on any atom is 0.339 e. The molecule has 0 radical (unpaired) electrons. The lowest BCUT2D eigenvalue weighted by Gasteiger charge is -2.04. The fourth-order valence-electron chi connectivity index (χ4n) is 1.26. The van der Waals surface area contributed by atoms with Crippen LogP contribution in [0.5, 0.6) is 0 Å². The third-order valence-electron chi connectivity index (χ3n) is 2.10. The van der Waals surface area contributed by atoms with Crippen molar-refractivity contribution in [1.82, 2.24) is 0 Å². The highest BCUT2D eigenvalue weighted by Gasteiger charge is 2.25. The quantitative estimate of drug-likeness (QED) is 0.728. The van der Waals surface area contributed by atoms with Crippen LogP contribution in [0.3, 0.4) is 0 Å². The highest BCUT2D eigenvalue weighted by Crippen LogP contribution is 2.09. The van der Waals surface area contributed by atoms with E-state index in [1.165, 1.54) is 0 Å². The van der Waals surface area contributed by atoms with E-state index in [1.54, 1.807) is 24.3 Å². The Bertz CT molecular complexity index is 503. The van der Waals surface area contributed by atoms with Crippen LogP contribution in [0.25, 0.3) is 0 Å². The van der Waals surface area contributed by atoms with Crippen molar-refractivity contribution in [2.24, 2.45) is 15.4 Å². The predicted molar refractivity (Wildman–Crippen MR) is 53.8 cm³/mol. The normalized spacial score (nSPS) is 15.2. The van der Waals surface area contributed by atoms with Gasteiger partial charge in [-0.05, 0) is 10.8 Å². The highest BCUT2D eigenvalue weighted by atomic mass is 16.3. The first-order valence-corrected chi connectivity index (χ1v) is 4.50. The minimum atomic E-state index is -0.920. The molecule has 0 unspecified atom stereocenters.